The van der Waals surface area contributed by atoms with Crippen molar-refractivity contribution in [2.45, 2.75) is 19.8 Å². The van der Waals surface area contributed by atoms with E-state index in [9.17, 15) is 4.79 Å². The Labute approximate surface area is 114 Å². The Balaban J connectivity index is 2.05. The summed E-state index contributed by atoms with van der Waals surface area (Å²) >= 11 is 0. The zero-order valence-electron chi connectivity index (χ0n) is 11.5. The molecule has 102 valence electrons. The van der Waals surface area contributed by atoms with Crippen LogP contribution in [0.15, 0.2) is 30.8 Å². The summed E-state index contributed by atoms with van der Waals surface area (Å²) in [4.78, 5) is 14.1. The van der Waals surface area contributed by atoms with Crippen LogP contribution >= 0.6 is 0 Å². The molecular formula is C16H21NO2. The number of anilines is 1. The molecule has 1 aliphatic heterocycles. The molecule has 0 bridgehead atoms. The largest absolute Gasteiger partial charge is 0.378 e. The van der Waals surface area contributed by atoms with Gasteiger partial charge in [-0.3, -0.25) is 4.79 Å². The van der Waals surface area contributed by atoms with Crippen LogP contribution in [0.3, 0.4) is 0 Å². The molecule has 0 spiro atoms. The van der Waals surface area contributed by atoms with Gasteiger partial charge < -0.3 is 9.64 Å². The van der Waals surface area contributed by atoms with E-state index < -0.39 is 0 Å². The maximum Gasteiger partial charge on any atom is 0.162 e. The molecule has 1 heterocycles. The highest BCUT2D eigenvalue weighted by molar-refractivity contribution is 6.19. The Bertz CT molecular complexity index is 444. The van der Waals surface area contributed by atoms with Gasteiger partial charge in [-0.05, 0) is 24.1 Å². The summed E-state index contributed by atoms with van der Waals surface area (Å²) in [5.41, 5.74) is 2.73. The molecule has 0 radical (unpaired) electrons. The van der Waals surface area contributed by atoms with Gasteiger partial charge in [0.25, 0.3) is 0 Å². The first-order chi connectivity index (χ1) is 9.22. The van der Waals surface area contributed by atoms with Gasteiger partial charge in [0.05, 0.1) is 13.2 Å². The van der Waals surface area contributed by atoms with Gasteiger partial charge in [-0.25, -0.2) is 0 Å². The van der Waals surface area contributed by atoms with Gasteiger partial charge in [-0.2, -0.15) is 0 Å². The molecule has 0 aliphatic carbocycles. The number of ether oxygens (including phenoxy) is 1. The molecule has 0 amide bonds. The Morgan fingerprint density at radius 2 is 1.89 bits per heavy atom. The highest BCUT2D eigenvalue weighted by Crippen LogP contribution is 2.21. The van der Waals surface area contributed by atoms with Crippen molar-refractivity contribution in [2.75, 3.05) is 31.2 Å². The van der Waals surface area contributed by atoms with E-state index in [1.807, 2.05) is 19.1 Å². The van der Waals surface area contributed by atoms with Crippen molar-refractivity contribution in [3.63, 3.8) is 0 Å². The average molecular weight is 259 g/mol. The molecule has 0 unspecified atom stereocenters. The van der Waals surface area contributed by atoms with Crippen LogP contribution in [-0.2, 0) is 9.53 Å². The van der Waals surface area contributed by atoms with Crippen molar-refractivity contribution in [2.24, 2.45) is 0 Å². The second-order valence-electron chi connectivity index (χ2n) is 4.80. The Morgan fingerprint density at radius 1 is 1.26 bits per heavy atom. The van der Waals surface area contributed by atoms with Crippen LogP contribution in [0, 0.1) is 0 Å². The van der Waals surface area contributed by atoms with E-state index in [0.717, 1.165) is 38.3 Å². The number of Topliss-reactive ketones (excluding diaryl/α,β-unsaturated/α-hetero) is 1. The normalized spacial score (nSPS) is 15.3. The highest BCUT2D eigenvalue weighted by Gasteiger charge is 2.12. The van der Waals surface area contributed by atoms with Crippen LogP contribution in [0.2, 0.25) is 0 Å². The molecule has 0 atom stereocenters. The molecule has 0 aromatic heterocycles. The van der Waals surface area contributed by atoms with Gasteiger partial charge in [0.2, 0.25) is 0 Å². The summed E-state index contributed by atoms with van der Waals surface area (Å²) in [6.45, 7) is 9.32. The van der Waals surface area contributed by atoms with Crippen molar-refractivity contribution in [1.82, 2.24) is 0 Å². The first kappa shape index (κ1) is 13.8. The van der Waals surface area contributed by atoms with Crippen LogP contribution in [0.25, 0.3) is 5.57 Å². The summed E-state index contributed by atoms with van der Waals surface area (Å²) < 4.78 is 5.34. The van der Waals surface area contributed by atoms with E-state index in [2.05, 4.69) is 23.6 Å². The Morgan fingerprint density at radius 3 is 2.47 bits per heavy atom. The molecular weight excluding hydrogens is 238 g/mol. The third-order valence-electron chi connectivity index (χ3n) is 3.41. The minimum absolute atomic E-state index is 0.140. The van der Waals surface area contributed by atoms with Gasteiger partial charge in [0, 0.05) is 30.8 Å². The van der Waals surface area contributed by atoms with Crippen molar-refractivity contribution in [3.05, 3.63) is 36.4 Å². The maximum absolute atomic E-state index is 11.8. The minimum atomic E-state index is 0.140. The molecule has 3 nitrogen and oxygen atoms in total. The zero-order chi connectivity index (χ0) is 13.7. The third kappa shape index (κ3) is 3.44. The number of allylic oxidation sites excluding steroid dienone is 1. The zero-order valence-corrected chi connectivity index (χ0v) is 11.5. The summed E-state index contributed by atoms with van der Waals surface area (Å²) in [7, 11) is 0. The van der Waals surface area contributed by atoms with Gasteiger partial charge in [-0.1, -0.05) is 25.6 Å². The van der Waals surface area contributed by atoms with Gasteiger partial charge in [0.15, 0.2) is 5.78 Å². The standard InChI is InChI=1S/C16H21NO2/c1-3-4-16(18)13(2)14-5-7-15(8-6-14)17-9-11-19-12-10-17/h5-8H,2-4,9-12H2,1H3. The number of benzene rings is 1. The number of hydrogen-bond acceptors (Lipinski definition) is 3. The average Bonchev–Trinajstić information content (AvgIpc) is 2.48. The molecule has 19 heavy (non-hydrogen) atoms. The van der Waals surface area contributed by atoms with Crippen LogP contribution < -0.4 is 4.90 Å². The monoisotopic (exact) mass is 259 g/mol. The Hall–Kier alpha value is -1.61. The van der Waals surface area contributed by atoms with Crippen molar-refractivity contribution < 1.29 is 9.53 Å². The first-order valence-corrected chi connectivity index (χ1v) is 6.87. The highest BCUT2D eigenvalue weighted by atomic mass is 16.5. The second-order valence-corrected chi connectivity index (χ2v) is 4.80. The van der Waals surface area contributed by atoms with E-state index in [0.29, 0.717) is 12.0 Å². The first-order valence-electron chi connectivity index (χ1n) is 6.87. The number of carbonyl (C=O) groups is 1. The lowest BCUT2D eigenvalue weighted by Crippen LogP contribution is -2.36. The summed E-state index contributed by atoms with van der Waals surface area (Å²) in [6.07, 6.45) is 1.44. The van der Waals surface area contributed by atoms with Gasteiger partial charge in [-0.15, -0.1) is 0 Å². The lowest BCUT2D eigenvalue weighted by atomic mass is 10.0. The fraction of sp³-hybridized carbons (Fsp3) is 0.438. The van der Waals surface area contributed by atoms with Crippen LogP contribution in [-0.4, -0.2) is 32.1 Å². The molecule has 1 aliphatic rings. The number of carbonyl (C=O) groups excluding carboxylic acids is 1. The molecule has 0 saturated carbocycles. The third-order valence-corrected chi connectivity index (χ3v) is 3.41. The number of rotatable bonds is 5. The smallest absolute Gasteiger partial charge is 0.162 e. The predicted octanol–water partition coefficient (Wildman–Crippen LogP) is 2.91. The SMILES string of the molecule is C=C(C(=O)CCC)c1ccc(N2CCOCC2)cc1. The number of morpholine rings is 1. The lowest BCUT2D eigenvalue weighted by molar-refractivity contribution is -0.113. The van der Waals surface area contributed by atoms with E-state index in [1.165, 1.54) is 5.69 Å². The van der Waals surface area contributed by atoms with E-state index in [1.54, 1.807) is 0 Å². The van der Waals surface area contributed by atoms with E-state index >= 15 is 0 Å². The molecule has 1 fully saturated rings. The topological polar surface area (TPSA) is 29.5 Å². The summed E-state index contributed by atoms with van der Waals surface area (Å²) in [5, 5.41) is 0. The number of nitrogens with zero attached hydrogens (tertiary/aromatic N) is 1. The van der Waals surface area contributed by atoms with E-state index in [-0.39, 0.29) is 5.78 Å². The molecule has 0 N–H and O–H groups in total. The summed E-state index contributed by atoms with van der Waals surface area (Å²) in [5.74, 6) is 0.140. The molecule has 1 saturated heterocycles. The van der Waals surface area contributed by atoms with Gasteiger partial charge >= 0.3 is 0 Å². The maximum atomic E-state index is 11.8. The van der Waals surface area contributed by atoms with Gasteiger partial charge in [0.1, 0.15) is 0 Å². The fourth-order valence-corrected chi connectivity index (χ4v) is 2.23. The summed E-state index contributed by atoms with van der Waals surface area (Å²) in [6, 6.07) is 8.09. The Kier molecular flexibility index (Phi) is 4.74. The second kappa shape index (κ2) is 6.53. The molecule has 1 aromatic carbocycles. The molecule has 2 rings (SSSR count). The fourth-order valence-electron chi connectivity index (χ4n) is 2.23. The quantitative estimate of drug-likeness (QED) is 0.761. The molecule has 1 aromatic rings. The van der Waals surface area contributed by atoms with E-state index in [4.69, 9.17) is 4.74 Å². The van der Waals surface area contributed by atoms with Crippen LogP contribution in [0.5, 0.6) is 0 Å². The van der Waals surface area contributed by atoms with Crippen LogP contribution in [0.4, 0.5) is 5.69 Å². The predicted molar refractivity (Wildman–Crippen MR) is 78.4 cm³/mol. The van der Waals surface area contributed by atoms with Crippen LogP contribution in [0.1, 0.15) is 25.3 Å². The number of ketones is 1. The van der Waals surface area contributed by atoms with Crippen molar-refractivity contribution >= 4 is 17.0 Å². The van der Waals surface area contributed by atoms with Crippen molar-refractivity contribution in [3.8, 4) is 0 Å². The minimum Gasteiger partial charge on any atom is -0.378 e. The lowest BCUT2D eigenvalue weighted by Gasteiger charge is -2.29. The van der Waals surface area contributed by atoms with Crippen molar-refractivity contribution in [1.29, 1.82) is 0 Å². The number of hydrogen-bond donors (Lipinski definition) is 0. The molecule has 3 heteroatoms.